The molecule has 1 heteroatoms. The van der Waals surface area contributed by atoms with Gasteiger partial charge in [0.25, 0.3) is 0 Å². The lowest BCUT2D eigenvalue weighted by atomic mass is 9.96. The summed E-state index contributed by atoms with van der Waals surface area (Å²) < 4.78 is 5.36. The van der Waals surface area contributed by atoms with Gasteiger partial charge in [0.1, 0.15) is 5.75 Å². The summed E-state index contributed by atoms with van der Waals surface area (Å²) in [7, 11) is 1.72. The van der Waals surface area contributed by atoms with Crippen LogP contribution >= 0.6 is 0 Å². The average molecular weight is 200 g/mol. The van der Waals surface area contributed by atoms with Gasteiger partial charge < -0.3 is 4.74 Å². The number of hydrogen-bond acceptors (Lipinski definition) is 1. The highest BCUT2D eigenvalue weighted by Crippen LogP contribution is 2.30. The van der Waals surface area contributed by atoms with Gasteiger partial charge >= 0.3 is 0 Å². The fourth-order valence-electron chi connectivity index (χ4n) is 1.99. The van der Waals surface area contributed by atoms with E-state index in [4.69, 9.17) is 4.74 Å². The van der Waals surface area contributed by atoms with Gasteiger partial charge in [0.15, 0.2) is 0 Å². The first-order valence-corrected chi connectivity index (χ1v) is 5.29. The fraction of sp³-hybridized carbons (Fsp3) is 0.286. The van der Waals surface area contributed by atoms with Gasteiger partial charge in [0.2, 0.25) is 0 Å². The molecule has 0 fully saturated rings. The van der Waals surface area contributed by atoms with Gasteiger partial charge in [-0.05, 0) is 22.9 Å². The number of rotatable bonds is 2. The summed E-state index contributed by atoms with van der Waals surface area (Å²) >= 11 is 0. The summed E-state index contributed by atoms with van der Waals surface area (Å²) in [5.74, 6) is 1.50. The van der Waals surface area contributed by atoms with Crippen LogP contribution in [0.1, 0.15) is 25.3 Å². The van der Waals surface area contributed by atoms with Crippen LogP contribution in [0, 0.1) is 0 Å². The summed E-state index contributed by atoms with van der Waals surface area (Å²) in [5, 5.41) is 2.50. The minimum atomic E-state index is 0.542. The molecule has 0 aliphatic heterocycles. The van der Waals surface area contributed by atoms with Crippen LogP contribution in [-0.2, 0) is 0 Å². The Labute approximate surface area is 90.7 Å². The number of methoxy groups -OCH3 is 1. The topological polar surface area (TPSA) is 9.23 Å². The first-order chi connectivity index (χ1) is 7.24. The lowest BCUT2D eigenvalue weighted by Crippen LogP contribution is -1.91. The van der Waals surface area contributed by atoms with Crippen LogP contribution in [-0.4, -0.2) is 7.11 Å². The van der Waals surface area contributed by atoms with Crippen molar-refractivity contribution in [3.05, 3.63) is 42.0 Å². The molecule has 0 saturated heterocycles. The van der Waals surface area contributed by atoms with Crippen LogP contribution in [0.25, 0.3) is 10.8 Å². The second-order valence-electron chi connectivity index (χ2n) is 4.06. The molecular weight excluding hydrogens is 184 g/mol. The molecular formula is C14H16O. The second kappa shape index (κ2) is 3.93. The molecule has 2 aromatic rings. The Balaban J connectivity index is 2.76. The van der Waals surface area contributed by atoms with Crippen LogP contribution in [0.4, 0.5) is 0 Å². The van der Waals surface area contributed by atoms with E-state index in [-0.39, 0.29) is 0 Å². The van der Waals surface area contributed by atoms with Gasteiger partial charge in [-0.25, -0.2) is 0 Å². The summed E-state index contributed by atoms with van der Waals surface area (Å²) in [4.78, 5) is 0. The van der Waals surface area contributed by atoms with E-state index >= 15 is 0 Å². The van der Waals surface area contributed by atoms with E-state index in [0.717, 1.165) is 5.75 Å². The Bertz CT molecular complexity index is 472. The highest BCUT2D eigenvalue weighted by Gasteiger charge is 2.06. The first kappa shape index (κ1) is 10.0. The maximum Gasteiger partial charge on any atom is 0.126 e. The van der Waals surface area contributed by atoms with Crippen molar-refractivity contribution in [1.29, 1.82) is 0 Å². The zero-order chi connectivity index (χ0) is 10.8. The Morgan fingerprint density at radius 3 is 2.27 bits per heavy atom. The van der Waals surface area contributed by atoms with Gasteiger partial charge in [-0.1, -0.05) is 44.2 Å². The molecule has 2 aromatic carbocycles. The van der Waals surface area contributed by atoms with Gasteiger partial charge in [0.05, 0.1) is 7.11 Å². The molecule has 0 aromatic heterocycles. The van der Waals surface area contributed by atoms with Crippen LogP contribution < -0.4 is 4.74 Å². The highest BCUT2D eigenvalue weighted by molar-refractivity contribution is 5.91. The third-order valence-corrected chi connectivity index (χ3v) is 2.76. The summed E-state index contributed by atoms with van der Waals surface area (Å²) in [6, 6.07) is 12.6. The lowest BCUT2D eigenvalue weighted by molar-refractivity contribution is 0.420. The maximum atomic E-state index is 5.36. The minimum Gasteiger partial charge on any atom is -0.496 e. The van der Waals surface area contributed by atoms with Crippen molar-refractivity contribution in [3.8, 4) is 5.75 Å². The molecule has 0 N–H and O–H groups in total. The molecule has 0 unspecified atom stereocenters. The van der Waals surface area contributed by atoms with Gasteiger partial charge in [-0.3, -0.25) is 0 Å². The van der Waals surface area contributed by atoms with E-state index in [9.17, 15) is 0 Å². The number of fused-ring (bicyclic) bond motifs is 1. The first-order valence-electron chi connectivity index (χ1n) is 5.29. The molecule has 78 valence electrons. The van der Waals surface area contributed by atoms with Gasteiger partial charge in [-0.2, -0.15) is 0 Å². The summed E-state index contributed by atoms with van der Waals surface area (Å²) in [6.07, 6.45) is 0. The van der Waals surface area contributed by atoms with Crippen molar-refractivity contribution in [1.82, 2.24) is 0 Å². The Hall–Kier alpha value is -1.50. The molecule has 0 radical (unpaired) electrons. The van der Waals surface area contributed by atoms with Gasteiger partial charge in [0, 0.05) is 5.39 Å². The van der Waals surface area contributed by atoms with Crippen molar-refractivity contribution < 1.29 is 4.74 Å². The van der Waals surface area contributed by atoms with E-state index in [1.807, 2.05) is 12.1 Å². The molecule has 0 aliphatic carbocycles. The molecule has 0 bridgehead atoms. The largest absolute Gasteiger partial charge is 0.496 e. The van der Waals surface area contributed by atoms with Crippen molar-refractivity contribution in [2.45, 2.75) is 19.8 Å². The molecule has 0 saturated carbocycles. The van der Waals surface area contributed by atoms with Gasteiger partial charge in [-0.15, -0.1) is 0 Å². The fourth-order valence-corrected chi connectivity index (χ4v) is 1.99. The number of hydrogen-bond donors (Lipinski definition) is 0. The molecule has 0 atom stereocenters. The number of ether oxygens (including phenoxy) is 1. The Kier molecular flexibility index (Phi) is 2.63. The van der Waals surface area contributed by atoms with Crippen molar-refractivity contribution in [3.63, 3.8) is 0 Å². The van der Waals surface area contributed by atoms with E-state index in [1.165, 1.54) is 16.3 Å². The zero-order valence-corrected chi connectivity index (χ0v) is 9.45. The zero-order valence-electron chi connectivity index (χ0n) is 9.45. The molecule has 15 heavy (non-hydrogen) atoms. The molecule has 0 amide bonds. The molecule has 0 aliphatic rings. The highest BCUT2D eigenvalue weighted by atomic mass is 16.5. The normalized spacial score (nSPS) is 10.9. The van der Waals surface area contributed by atoms with E-state index < -0.39 is 0 Å². The van der Waals surface area contributed by atoms with E-state index in [2.05, 4.69) is 38.1 Å². The smallest absolute Gasteiger partial charge is 0.126 e. The van der Waals surface area contributed by atoms with Crippen LogP contribution in [0.15, 0.2) is 36.4 Å². The molecule has 0 heterocycles. The minimum absolute atomic E-state index is 0.542. The number of benzene rings is 2. The van der Waals surface area contributed by atoms with Crippen molar-refractivity contribution in [2.75, 3.05) is 7.11 Å². The maximum absolute atomic E-state index is 5.36. The predicted octanol–water partition coefficient (Wildman–Crippen LogP) is 3.97. The monoisotopic (exact) mass is 200 g/mol. The third-order valence-electron chi connectivity index (χ3n) is 2.76. The summed E-state index contributed by atoms with van der Waals surface area (Å²) in [6.45, 7) is 4.43. The molecule has 2 rings (SSSR count). The van der Waals surface area contributed by atoms with E-state index in [0.29, 0.717) is 5.92 Å². The lowest BCUT2D eigenvalue weighted by Gasteiger charge is -2.11. The SMILES string of the molecule is COc1cccc2c(C(C)C)cccc12. The van der Waals surface area contributed by atoms with Crippen LogP contribution in [0.5, 0.6) is 5.75 Å². The molecule has 0 spiro atoms. The predicted molar refractivity (Wildman–Crippen MR) is 64.6 cm³/mol. The Morgan fingerprint density at radius 2 is 1.60 bits per heavy atom. The van der Waals surface area contributed by atoms with E-state index in [1.54, 1.807) is 7.11 Å². The average Bonchev–Trinajstić information content (AvgIpc) is 2.27. The van der Waals surface area contributed by atoms with Crippen molar-refractivity contribution >= 4 is 10.8 Å². The third kappa shape index (κ3) is 1.70. The van der Waals surface area contributed by atoms with Crippen LogP contribution in [0.2, 0.25) is 0 Å². The van der Waals surface area contributed by atoms with Crippen molar-refractivity contribution in [2.24, 2.45) is 0 Å². The van der Waals surface area contributed by atoms with Crippen LogP contribution in [0.3, 0.4) is 0 Å². The standard InChI is InChI=1S/C14H16O/c1-10(2)11-6-4-8-13-12(11)7-5-9-14(13)15-3/h4-10H,1-3H3. The quantitative estimate of drug-likeness (QED) is 0.712. The molecule has 1 nitrogen and oxygen atoms in total. The Morgan fingerprint density at radius 1 is 0.933 bits per heavy atom. The second-order valence-corrected chi connectivity index (χ2v) is 4.06. The summed E-state index contributed by atoms with van der Waals surface area (Å²) in [5.41, 5.74) is 1.38.